The SMILES string of the molecule is CCCNCc1ccc(-c2cn(C)nc2CC)c(C)c1. The highest BCUT2D eigenvalue weighted by Crippen LogP contribution is 2.27. The van der Waals surface area contributed by atoms with Crippen LogP contribution in [0.3, 0.4) is 0 Å². The largest absolute Gasteiger partial charge is 0.313 e. The average Bonchev–Trinajstić information content (AvgIpc) is 2.80. The molecule has 2 aromatic rings. The Bertz CT molecular complexity index is 570. The normalized spacial score (nSPS) is 11.0. The van der Waals surface area contributed by atoms with E-state index in [-0.39, 0.29) is 0 Å². The summed E-state index contributed by atoms with van der Waals surface area (Å²) in [6, 6.07) is 6.73. The summed E-state index contributed by atoms with van der Waals surface area (Å²) in [5.74, 6) is 0. The molecule has 3 heteroatoms. The lowest BCUT2D eigenvalue weighted by atomic mass is 9.98. The average molecular weight is 271 g/mol. The molecule has 1 N–H and O–H groups in total. The quantitative estimate of drug-likeness (QED) is 0.815. The third kappa shape index (κ3) is 3.28. The lowest BCUT2D eigenvalue weighted by Crippen LogP contribution is -2.13. The minimum absolute atomic E-state index is 0.947. The fourth-order valence-electron chi connectivity index (χ4n) is 2.57. The first-order valence-electron chi connectivity index (χ1n) is 7.48. The minimum atomic E-state index is 0.947. The molecule has 0 aliphatic heterocycles. The Kier molecular flexibility index (Phi) is 4.96. The van der Waals surface area contributed by atoms with Crippen molar-refractivity contribution in [1.29, 1.82) is 0 Å². The minimum Gasteiger partial charge on any atom is -0.313 e. The Morgan fingerprint density at radius 1 is 1.20 bits per heavy atom. The van der Waals surface area contributed by atoms with Crippen LogP contribution < -0.4 is 5.32 Å². The van der Waals surface area contributed by atoms with E-state index in [2.05, 4.69) is 55.6 Å². The molecular weight excluding hydrogens is 246 g/mol. The molecular formula is C17H25N3. The molecule has 0 saturated heterocycles. The van der Waals surface area contributed by atoms with Crippen molar-refractivity contribution in [3.63, 3.8) is 0 Å². The molecule has 108 valence electrons. The molecule has 0 atom stereocenters. The molecule has 0 radical (unpaired) electrons. The van der Waals surface area contributed by atoms with Gasteiger partial charge in [0.25, 0.3) is 0 Å². The summed E-state index contributed by atoms with van der Waals surface area (Å²) in [5, 5.41) is 7.98. The van der Waals surface area contributed by atoms with Gasteiger partial charge in [0.15, 0.2) is 0 Å². The van der Waals surface area contributed by atoms with Gasteiger partial charge in [-0.1, -0.05) is 32.0 Å². The first-order chi connectivity index (χ1) is 9.65. The highest BCUT2D eigenvalue weighted by molar-refractivity contribution is 5.69. The van der Waals surface area contributed by atoms with Gasteiger partial charge in [0.1, 0.15) is 0 Å². The summed E-state index contributed by atoms with van der Waals surface area (Å²) in [5.41, 5.74) is 6.41. The highest BCUT2D eigenvalue weighted by Gasteiger charge is 2.10. The van der Waals surface area contributed by atoms with Crippen LogP contribution in [0, 0.1) is 6.92 Å². The van der Waals surface area contributed by atoms with E-state index in [1.807, 2.05) is 11.7 Å². The van der Waals surface area contributed by atoms with Gasteiger partial charge in [-0.2, -0.15) is 5.10 Å². The predicted molar refractivity (Wildman–Crippen MR) is 84.8 cm³/mol. The Balaban J connectivity index is 2.24. The molecule has 3 nitrogen and oxygen atoms in total. The number of nitrogens with one attached hydrogen (secondary N) is 1. The first kappa shape index (κ1) is 14.8. The first-order valence-corrected chi connectivity index (χ1v) is 7.48. The van der Waals surface area contributed by atoms with Crippen molar-refractivity contribution in [2.45, 2.75) is 40.2 Å². The maximum atomic E-state index is 4.53. The summed E-state index contributed by atoms with van der Waals surface area (Å²) in [7, 11) is 1.99. The van der Waals surface area contributed by atoms with Crippen LogP contribution in [0.1, 0.15) is 37.1 Å². The molecule has 0 fully saturated rings. The second kappa shape index (κ2) is 6.71. The molecule has 0 spiro atoms. The van der Waals surface area contributed by atoms with Crippen LogP contribution >= 0.6 is 0 Å². The van der Waals surface area contributed by atoms with Gasteiger partial charge in [-0.3, -0.25) is 4.68 Å². The molecule has 0 saturated carbocycles. The molecule has 0 aliphatic rings. The van der Waals surface area contributed by atoms with Gasteiger partial charge < -0.3 is 5.32 Å². The smallest absolute Gasteiger partial charge is 0.0700 e. The van der Waals surface area contributed by atoms with Gasteiger partial charge in [0.05, 0.1) is 5.69 Å². The summed E-state index contributed by atoms with van der Waals surface area (Å²) < 4.78 is 1.91. The van der Waals surface area contributed by atoms with Gasteiger partial charge >= 0.3 is 0 Å². The second-order valence-electron chi connectivity index (χ2n) is 5.34. The Morgan fingerprint density at radius 2 is 2.00 bits per heavy atom. The molecule has 1 aromatic carbocycles. The molecule has 0 amide bonds. The predicted octanol–water partition coefficient (Wildman–Crippen LogP) is 3.46. The van der Waals surface area contributed by atoms with Crippen LogP contribution in [0.15, 0.2) is 24.4 Å². The lowest BCUT2D eigenvalue weighted by Gasteiger charge is -2.09. The number of hydrogen-bond acceptors (Lipinski definition) is 2. The molecule has 0 bridgehead atoms. The van der Waals surface area contributed by atoms with Crippen molar-refractivity contribution in [2.75, 3.05) is 6.54 Å². The number of aromatic nitrogens is 2. The van der Waals surface area contributed by atoms with Crippen LogP contribution in [0.5, 0.6) is 0 Å². The second-order valence-corrected chi connectivity index (χ2v) is 5.34. The van der Waals surface area contributed by atoms with E-state index in [4.69, 9.17) is 0 Å². The number of benzene rings is 1. The Hall–Kier alpha value is -1.61. The third-order valence-corrected chi connectivity index (χ3v) is 3.58. The van der Waals surface area contributed by atoms with E-state index in [1.165, 1.54) is 34.4 Å². The van der Waals surface area contributed by atoms with E-state index in [0.29, 0.717) is 0 Å². The monoisotopic (exact) mass is 271 g/mol. The van der Waals surface area contributed by atoms with Gasteiger partial charge in [-0.05, 0) is 43.0 Å². The highest BCUT2D eigenvalue weighted by atomic mass is 15.2. The number of hydrogen-bond donors (Lipinski definition) is 1. The van der Waals surface area contributed by atoms with Crippen LogP contribution in [-0.2, 0) is 20.0 Å². The zero-order chi connectivity index (χ0) is 14.5. The lowest BCUT2D eigenvalue weighted by molar-refractivity contribution is 0.675. The Labute approximate surface area is 122 Å². The van der Waals surface area contributed by atoms with Crippen LogP contribution in [0.25, 0.3) is 11.1 Å². The molecule has 1 heterocycles. The van der Waals surface area contributed by atoms with E-state index >= 15 is 0 Å². The van der Waals surface area contributed by atoms with E-state index in [0.717, 1.165) is 19.5 Å². The summed E-state index contributed by atoms with van der Waals surface area (Å²) in [6.45, 7) is 8.55. The fourth-order valence-corrected chi connectivity index (χ4v) is 2.57. The summed E-state index contributed by atoms with van der Waals surface area (Å²) in [4.78, 5) is 0. The fraction of sp³-hybridized carbons (Fsp3) is 0.471. The van der Waals surface area contributed by atoms with Crippen molar-refractivity contribution in [1.82, 2.24) is 15.1 Å². The zero-order valence-electron chi connectivity index (χ0n) is 13.0. The van der Waals surface area contributed by atoms with Crippen molar-refractivity contribution >= 4 is 0 Å². The van der Waals surface area contributed by atoms with Crippen molar-refractivity contribution in [3.8, 4) is 11.1 Å². The van der Waals surface area contributed by atoms with Crippen LogP contribution in [-0.4, -0.2) is 16.3 Å². The van der Waals surface area contributed by atoms with Crippen LogP contribution in [0.2, 0.25) is 0 Å². The maximum absolute atomic E-state index is 4.53. The Morgan fingerprint density at radius 3 is 2.65 bits per heavy atom. The number of rotatable bonds is 6. The van der Waals surface area contributed by atoms with Crippen molar-refractivity contribution in [2.24, 2.45) is 7.05 Å². The molecule has 0 aliphatic carbocycles. The van der Waals surface area contributed by atoms with Crippen molar-refractivity contribution in [3.05, 3.63) is 41.2 Å². The van der Waals surface area contributed by atoms with Crippen LogP contribution in [0.4, 0.5) is 0 Å². The topological polar surface area (TPSA) is 29.9 Å². The standard InChI is InChI=1S/C17H25N3/c1-5-9-18-11-14-7-8-15(13(3)10-14)16-12-20(4)19-17(16)6-2/h7-8,10,12,18H,5-6,9,11H2,1-4H3. The molecule has 0 unspecified atom stereocenters. The third-order valence-electron chi connectivity index (χ3n) is 3.58. The van der Waals surface area contributed by atoms with E-state index < -0.39 is 0 Å². The van der Waals surface area contributed by atoms with Gasteiger partial charge in [0, 0.05) is 25.4 Å². The molecule has 1 aromatic heterocycles. The van der Waals surface area contributed by atoms with Gasteiger partial charge in [-0.25, -0.2) is 0 Å². The number of aryl methyl sites for hydroxylation is 3. The summed E-state index contributed by atoms with van der Waals surface area (Å²) in [6.07, 6.45) is 4.26. The van der Waals surface area contributed by atoms with E-state index in [1.54, 1.807) is 0 Å². The molecule has 2 rings (SSSR count). The summed E-state index contributed by atoms with van der Waals surface area (Å²) >= 11 is 0. The zero-order valence-corrected chi connectivity index (χ0v) is 13.0. The van der Waals surface area contributed by atoms with Gasteiger partial charge in [-0.15, -0.1) is 0 Å². The maximum Gasteiger partial charge on any atom is 0.0700 e. The van der Waals surface area contributed by atoms with Crippen molar-refractivity contribution < 1.29 is 0 Å². The van der Waals surface area contributed by atoms with E-state index in [9.17, 15) is 0 Å². The van der Waals surface area contributed by atoms with Gasteiger partial charge in [0.2, 0.25) is 0 Å². The molecule has 20 heavy (non-hydrogen) atoms. The number of nitrogens with zero attached hydrogens (tertiary/aromatic N) is 2.